The summed E-state index contributed by atoms with van der Waals surface area (Å²) < 4.78 is 5.94. The van der Waals surface area contributed by atoms with Crippen LogP contribution in [0.1, 0.15) is 48.9 Å². The largest absolute Gasteiger partial charge is 0.485 e. The van der Waals surface area contributed by atoms with Crippen LogP contribution in [0.25, 0.3) is 0 Å². The van der Waals surface area contributed by atoms with Crippen molar-refractivity contribution in [1.29, 1.82) is 0 Å². The Balaban J connectivity index is 1.28. The third-order valence-electron chi connectivity index (χ3n) is 7.15. The first-order valence-electron chi connectivity index (χ1n) is 10.7. The highest BCUT2D eigenvalue weighted by molar-refractivity contribution is 6.06. The molecule has 4 aliphatic carbocycles. The van der Waals surface area contributed by atoms with Gasteiger partial charge in [0.2, 0.25) is 0 Å². The zero-order valence-corrected chi connectivity index (χ0v) is 16.6. The molecule has 0 aliphatic heterocycles. The number of para-hydroxylation sites is 2. The summed E-state index contributed by atoms with van der Waals surface area (Å²) in [5.74, 6) is 2.67. The fourth-order valence-electron chi connectivity index (χ4n) is 6.25. The maximum atomic E-state index is 13.2. The van der Waals surface area contributed by atoms with E-state index in [2.05, 4.69) is 5.32 Å². The van der Waals surface area contributed by atoms with Crippen molar-refractivity contribution in [2.75, 3.05) is 11.9 Å². The van der Waals surface area contributed by atoms with Crippen molar-refractivity contribution in [3.8, 4) is 5.75 Å². The summed E-state index contributed by atoms with van der Waals surface area (Å²) in [5.41, 5.74) is 1.02. The van der Waals surface area contributed by atoms with Crippen molar-refractivity contribution in [2.45, 2.75) is 38.5 Å². The molecule has 2 aromatic carbocycles. The molecule has 4 fully saturated rings. The van der Waals surface area contributed by atoms with Gasteiger partial charge in [0.1, 0.15) is 12.4 Å². The molecule has 6 rings (SSSR count). The Morgan fingerprint density at radius 2 is 1.45 bits per heavy atom. The number of carbonyl (C=O) groups excluding carboxylic acids is 2. The van der Waals surface area contributed by atoms with Gasteiger partial charge in [-0.2, -0.15) is 0 Å². The van der Waals surface area contributed by atoms with Crippen LogP contribution in [0.5, 0.6) is 5.75 Å². The first-order chi connectivity index (χ1) is 14.1. The number of anilines is 1. The molecule has 29 heavy (non-hydrogen) atoms. The van der Waals surface area contributed by atoms with Crippen molar-refractivity contribution in [3.63, 3.8) is 0 Å². The van der Waals surface area contributed by atoms with Gasteiger partial charge < -0.3 is 10.1 Å². The lowest BCUT2D eigenvalue weighted by molar-refractivity contribution is -0.146. The van der Waals surface area contributed by atoms with Crippen molar-refractivity contribution in [3.05, 3.63) is 60.2 Å². The van der Waals surface area contributed by atoms with Gasteiger partial charge in [0, 0.05) is 11.1 Å². The van der Waals surface area contributed by atoms with Crippen LogP contribution in [0.2, 0.25) is 0 Å². The number of rotatable bonds is 6. The van der Waals surface area contributed by atoms with Crippen LogP contribution in [0.4, 0.5) is 5.69 Å². The van der Waals surface area contributed by atoms with Gasteiger partial charge in [-0.05, 0) is 80.5 Å². The van der Waals surface area contributed by atoms with Gasteiger partial charge in [0.25, 0.3) is 5.91 Å². The Kier molecular flexibility index (Phi) is 4.65. The molecule has 4 bridgehead atoms. The SMILES string of the molecule is O=C(Nc1ccccc1)c1ccccc1OCC(=O)C12CC3CC(CC(C3)C1)C2. The van der Waals surface area contributed by atoms with E-state index in [9.17, 15) is 9.59 Å². The Morgan fingerprint density at radius 1 is 0.862 bits per heavy atom. The maximum absolute atomic E-state index is 13.2. The molecule has 4 heteroatoms. The molecule has 0 atom stereocenters. The van der Waals surface area contributed by atoms with Gasteiger partial charge >= 0.3 is 0 Å². The molecule has 0 unspecified atom stereocenters. The molecule has 0 heterocycles. The third-order valence-corrected chi connectivity index (χ3v) is 7.15. The van der Waals surface area contributed by atoms with Crippen LogP contribution in [0, 0.1) is 23.2 Å². The maximum Gasteiger partial charge on any atom is 0.259 e. The Hall–Kier alpha value is -2.62. The normalized spacial score (nSPS) is 29.4. The second-order valence-electron chi connectivity index (χ2n) is 9.23. The molecule has 150 valence electrons. The predicted octanol–water partition coefficient (Wildman–Crippen LogP) is 5.10. The quantitative estimate of drug-likeness (QED) is 0.747. The molecule has 4 aliphatic rings. The van der Waals surface area contributed by atoms with Crippen LogP contribution < -0.4 is 10.1 Å². The zero-order chi connectivity index (χ0) is 19.8. The number of ether oxygens (including phenoxy) is 1. The predicted molar refractivity (Wildman–Crippen MR) is 112 cm³/mol. The van der Waals surface area contributed by atoms with Crippen molar-refractivity contribution in [1.82, 2.24) is 0 Å². The standard InChI is InChI=1S/C25H27NO3/c27-23(25-13-17-10-18(14-25)12-19(11-17)15-25)16-29-22-9-5-4-8-21(22)24(28)26-20-6-2-1-3-7-20/h1-9,17-19H,10-16H2,(H,26,28). The number of amides is 1. The van der Waals surface area contributed by atoms with Gasteiger partial charge in [0.05, 0.1) is 5.56 Å². The fraction of sp³-hybridized carbons (Fsp3) is 0.440. The number of hydrogen-bond donors (Lipinski definition) is 1. The first-order valence-corrected chi connectivity index (χ1v) is 10.7. The van der Waals surface area contributed by atoms with Crippen LogP contribution in [-0.2, 0) is 4.79 Å². The lowest BCUT2D eigenvalue weighted by Crippen LogP contribution is -2.51. The number of hydrogen-bond acceptors (Lipinski definition) is 3. The van der Waals surface area contributed by atoms with Crippen LogP contribution in [0.3, 0.4) is 0 Å². The molecule has 1 N–H and O–H groups in total. The molecule has 0 saturated heterocycles. The van der Waals surface area contributed by atoms with Gasteiger partial charge in [-0.1, -0.05) is 30.3 Å². The first kappa shape index (κ1) is 18.4. The van der Waals surface area contributed by atoms with E-state index in [0.29, 0.717) is 11.3 Å². The summed E-state index contributed by atoms with van der Waals surface area (Å²) in [6.45, 7) is 0.0573. The molecule has 1 amide bonds. The van der Waals surface area contributed by atoms with E-state index >= 15 is 0 Å². The van der Waals surface area contributed by atoms with E-state index in [-0.39, 0.29) is 23.7 Å². The number of benzene rings is 2. The van der Waals surface area contributed by atoms with Gasteiger partial charge in [0.15, 0.2) is 5.78 Å². The lowest BCUT2D eigenvalue weighted by Gasteiger charge is -2.55. The second-order valence-corrected chi connectivity index (χ2v) is 9.23. The third kappa shape index (κ3) is 3.57. The van der Waals surface area contributed by atoms with E-state index in [1.807, 2.05) is 42.5 Å². The Morgan fingerprint density at radius 3 is 2.10 bits per heavy atom. The van der Waals surface area contributed by atoms with Crippen molar-refractivity contribution >= 4 is 17.4 Å². The van der Waals surface area contributed by atoms with Crippen molar-refractivity contribution in [2.24, 2.45) is 23.2 Å². The molecular formula is C25H27NO3. The molecule has 0 aromatic heterocycles. The fourth-order valence-corrected chi connectivity index (χ4v) is 6.25. The Labute approximate surface area is 171 Å². The zero-order valence-electron chi connectivity index (χ0n) is 16.6. The second kappa shape index (κ2) is 7.33. The minimum Gasteiger partial charge on any atom is -0.485 e. The average molecular weight is 389 g/mol. The summed E-state index contributed by atoms with van der Waals surface area (Å²) in [6.07, 6.45) is 7.06. The van der Waals surface area contributed by atoms with E-state index < -0.39 is 0 Å². The number of ketones is 1. The van der Waals surface area contributed by atoms with Gasteiger partial charge in [-0.3, -0.25) is 9.59 Å². The van der Waals surface area contributed by atoms with Crippen molar-refractivity contribution < 1.29 is 14.3 Å². The highest BCUT2D eigenvalue weighted by Gasteiger charge is 2.54. The summed E-state index contributed by atoms with van der Waals surface area (Å²) in [5, 5.41) is 2.89. The molecule has 0 radical (unpaired) electrons. The minimum absolute atomic E-state index is 0.0573. The van der Waals surface area contributed by atoms with E-state index in [1.54, 1.807) is 12.1 Å². The van der Waals surface area contributed by atoms with E-state index in [1.165, 1.54) is 19.3 Å². The monoisotopic (exact) mass is 389 g/mol. The van der Waals surface area contributed by atoms with E-state index in [0.717, 1.165) is 42.7 Å². The summed E-state index contributed by atoms with van der Waals surface area (Å²) >= 11 is 0. The average Bonchev–Trinajstić information content (AvgIpc) is 2.72. The molecule has 4 saturated carbocycles. The summed E-state index contributed by atoms with van der Waals surface area (Å²) in [6, 6.07) is 16.5. The van der Waals surface area contributed by atoms with Crippen LogP contribution in [-0.4, -0.2) is 18.3 Å². The number of carbonyl (C=O) groups is 2. The highest BCUT2D eigenvalue weighted by Crippen LogP contribution is 2.60. The number of Topliss-reactive ketones (excluding diaryl/α,β-unsaturated/α-hetero) is 1. The Bertz CT molecular complexity index is 885. The van der Waals surface area contributed by atoms with Crippen LogP contribution in [0.15, 0.2) is 54.6 Å². The van der Waals surface area contributed by atoms with E-state index in [4.69, 9.17) is 4.74 Å². The summed E-state index contributed by atoms with van der Waals surface area (Å²) in [7, 11) is 0. The lowest BCUT2D eigenvalue weighted by atomic mass is 9.48. The topological polar surface area (TPSA) is 55.4 Å². The minimum atomic E-state index is -0.228. The molecular weight excluding hydrogens is 362 g/mol. The molecule has 4 nitrogen and oxygen atoms in total. The van der Waals surface area contributed by atoms with Gasteiger partial charge in [-0.25, -0.2) is 0 Å². The molecule has 2 aromatic rings. The highest BCUT2D eigenvalue weighted by atomic mass is 16.5. The number of nitrogens with one attached hydrogen (secondary N) is 1. The summed E-state index contributed by atoms with van der Waals surface area (Å²) in [4.78, 5) is 25.9. The van der Waals surface area contributed by atoms with Crippen LogP contribution >= 0.6 is 0 Å². The smallest absolute Gasteiger partial charge is 0.259 e. The molecule has 0 spiro atoms. The van der Waals surface area contributed by atoms with Gasteiger partial charge in [-0.15, -0.1) is 0 Å².